The summed E-state index contributed by atoms with van der Waals surface area (Å²) in [4.78, 5) is 42.4. The Morgan fingerprint density at radius 3 is 1.48 bits per heavy atom. The predicted octanol–water partition coefficient (Wildman–Crippen LogP) is 9.86. The van der Waals surface area contributed by atoms with Crippen molar-refractivity contribution in [1.82, 2.24) is 9.80 Å². The SMILES string of the molecule is CN1C(=O)/C(=C/c2ccc(N(c3ccc(C=C(c4ccccc4)c4ccccc4)cc3)c3ccc(/C=C4/SC(=S)N(CC(=O)O)C4=O)cc3)cc2)SC1=S. The van der Waals surface area contributed by atoms with Crippen molar-refractivity contribution in [1.29, 1.82) is 0 Å². The maximum Gasteiger partial charge on any atom is 0.323 e. The van der Waals surface area contributed by atoms with Gasteiger partial charge in [0.15, 0.2) is 0 Å². The number of hydrogen-bond acceptors (Lipinski definition) is 8. The molecule has 5 aromatic rings. The minimum Gasteiger partial charge on any atom is -0.480 e. The first-order valence-corrected chi connectivity index (χ1v) is 19.2. The molecule has 2 heterocycles. The van der Waals surface area contributed by atoms with E-state index < -0.39 is 18.4 Å². The Balaban J connectivity index is 1.23. The molecule has 0 aromatic heterocycles. The molecular formula is C43H31N3O4S4. The third-order valence-electron chi connectivity index (χ3n) is 8.68. The molecule has 1 N–H and O–H groups in total. The maximum atomic E-state index is 12.9. The summed E-state index contributed by atoms with van der Waals surface area (Å²) in [5, 5.41) is 9.20. The number of amides is 2. The molecule has 11 heteroatoms. The van der Waals surface area contributed by atoms with Crippen molar-refractivity contribution in [2.24, 2.45) is 0 Å². The van der Waals surface area contributed by atoms with Crippen LogP contribution in [-0.4, -0.2) is 54.9 Å². The third kappa shape index (κ3) is 8.14. The van der Waals surface area contributed by atoms with Gasteiger partial charge in [-0.05, 0) is 88.0 Å². The number of rotatable bonds is 10. The van der Waals surface area contributed by atoms with Gasteiger partial charge in [0, 0.05) is 24.1 Å². The van der Waals surface area contributed by atoms with Crippen molar-refractivity contribution in [2.45, 2.75) is 0 Å². The number of carboxylic acid groups (broad SMARTS) is 1. The molecule has 0 aliphatic carbocycles. The molecule has 0 atom stereocenters. The van der Waals surface area contributed by atoms with E-state index in [2.05, 4.69) is 59.5 Å². The van der Waals surface area contributed by atoms with E-state index in [1.807, 2.05) is 91.0 Å². The molecule has 2 fully saturated rings. The second kappa shape index (κ2) is 16.2. The number of benzene rings is 5. The molecule has 2 amide bonds. The van der Waals surface area contributed by atoms with E-state index >= 15 is 0 Å². The van der Waals surface area contributed by atoms with Crippen molar-refractivity contribution in [3.8, 4) is 0 Å². The summed E-state index contributed by atoms with van der Waals surface area (Å²) in [7, 11) is 1.68. The van der Waals surface area contributed by atoms with Crippen LogP contribution in [0.4, 0.5) is 17.1 Å². The molecule has 2 aliphatic rings. The zero-order chi connectivity index (χ0) is 37.8. The highest BCUT2D eigenvalue weighted by Gasteiger charge is 2.33. The van der Waals surface area contributed by atoms with Gasteiger partial charge in [-0.15, -0.1) is 0 Å². The van der Waals surface area contributed by atoms with E-state index in [0.717, 1.165) is 67.1 Å². The van der Waals surface area contributed by atoms with Crippen LogP contribution in [0.5, 0.6) is 0 Å². The first-order chi connectivity index (χ1) is 26.1. The van der Waals surface area contributed by atoms with Gasteiger partial charge in [0.1, 0.15) is 15.2 Å². The summed E-state index contributed by atoms with van der Waals surface area (Å²) in [5.41, 5.74) is 8.76. The van der Waals surface area contributed by atoms with E-state index in [4.69, 9.17) is 24.4 Å². The molecule has 2 saturated heterocycles. The molecule has 0 bridgehead atoms. The Morgan fingerprint density at radius 1 is 0.630 bits per heavy atom. The number of carbonyl (C=O) groups is 3. The lowest BCUT2D eigenvalue weighted by Crippen LogP contribution is -2.33. The van der Waals surface area contributed by atoms with Crippen LogP contribution < -0.4 is 4.90 Å². The highest BCUT2D eigenvalue weighted by molar-refractivity contribution is 8.27. The van der Waals surface area contributed by atoms with Crippen LogP contribution in [0.3, 0.4) is 0 Å². The van der Waals surface area contributed by atoms with Crippen LogP contribution in [0.25, 0.3) is 23.8 Å². The Labute approximate surface area is 332 Å². The monoisotopic (exact) mass is 781 g/mol. The number of carbonyl (C=O) groups excluding carboxylic acids is 2. The number of likely N-dealkylation sites (N-methyl/N-ethyl adjacent to an activating group) is 1. The van der Waals surface area contributed by atoms with Crippen LogP contribution in [0.15, 0.2) is 143 Å². The number of hydrogen-bond donors (Lipinski definition) is 1. The maximum absolute atomic E-state index is 12.9. The number of thiocarbonyl (C=S) groups is 2. The van der Waals surface area contributed by atoms with Gasteiger partial charge >= 0.3 is 5.97 Å². The average molecular weight is 782 g/mol. The van der Waals surface area contributed by atoms with Crippen LogP contribution in [0, 0.1) is 0 Å². The van der Waals surface area contributed by atoms with Crippen LogP contribution in [-0.2, 0) is 14.4 Å². The molecule has 0 spiro atoms. The molecule has 0 unspecified atom stereocenters. The van der Waals surface area contributed by atoms with Gasteiger partial charge in [0.2, 0.25) is 0 Å². The van der Waals surface area contributed by atoms with Gasteiger partial charge < -0.3 is 10.0 Å². The second-order valence-corrected chi connectivity index (χ2v) is 15.7. The Bertz CT molecular complexity index is 2320. The van der Waals surface area contributed by atoms with Gasteiger partial charge in [0.25, 0.3) is 11.8 Å². The molecule has 2 aliphatic heterocycles. The van der Waals surface area contributed by atoms with Crippen molar-refractivity contribution in [3.63, 3.8) is 0 Å². The van der Waals surface area contributed by atoms with E-state index in [-0.39, 0.29) is 10.2 Å². The molecule has 7 nitrogen and oxygen atoms in total. The summed E-state index contributed by atoms with van der Waals surface area (Å²) in [5.74, 6) is -1.66. The van der Waals surface area contributed by atoms with Gasteiger partial charge in [-0.25, -0.2) is 0 Å². The fourth-order valence-corrected chi connectivity index (χ4v) is 8.40. The lowest BCUT2D eigenvalue weighted by Gasteiger charge is -2.26. The van der Waals surface area contributed by atoms with Gasteiger partial charge in [-0.2, -0.15) is 0 Å². The summed E-state index contributed by atoms with van der Waals surface area (Å²) in [6, 6.07) is 44.8. The fourth-order valence-electron chi connectivity index (χ4n) is 5.96. The van der Waals surface area contributed by atoms with Crippen LogP contribution >= 0.6 is 48.0 Å². The second-order valence-electron chi connectivity index (χ2n) is 12.3. The Morgan fingerprint density at radius 2 is 1.06 bits per heavy atom. The highest BCUT2D eigenvalue weighted by atomic mass is 32.2. The Kier molecular flexibility index (Phi) is 11.0. The van der Waals surface area contributed by atoms with Crippen molar-refractivity contribution >= 4 is 115 Å². The smallest absolute Gasteiger partial charge is 0.323 e. The summed E-state index contributed by atoms with van der Waals surface area (Å²) < 4.78 is 0.751. The Hall–Kier alpha value is -5.59. The van der Waals surface area contributed by atoms with Crippen LogP contribution in [0.1, 0.15) is 27.8 Å². The summed E-state index contributed by atoms with van der Waals surface area (Å²) in [6.07, 6.45) is 5.77. The number of anilines is 3. The van der Waals surface area contributed by atoms with Gasteiger partial charge in [-0.1, -0.05) is 145 Å². The lowest BCUT2D eigenvalue weighted by atomic mass is 9.95. The normalized spacial score (nSPS) is 15.7. The fraction of sp³-hybridized carbons (Fsp3) is 0.0465. The van der Waals surface area contributed by atoms with Gasteiger partial charge in [-0.3, -0.25) is 24.2 Å². The molecule has 5 aromatic carbocycles. The lowest BCUT2D eigenvalue weighted by molar-refractivity contribution is -0.140. The molecule has 0 radical (unpaired) electrons. The first kappa shape index (κ1) is 36.8. The third-order valence-corrected chi connectivity index (χ3v) is 11.5. The summed E-state index contributed by atoms with van der Waals surface area (Å²) >= 11 is 12.9. The number of carboxylic acids is 1. The first-order valence-electron chi connectivity index (χ1n) is 16.8. The van der Waals surface area contributed by atoms with Crippen molar-refractivity contribution in [3.05, 3.63) is 171 Å². The van der Waals surface area contributed by atoms with E-state index in [1.165, 1.54) is 16.7 Å². The number of aliphatic carboxylic acids is 1. The minimum absolute atomic E-state index is 0.114. The minimum atomic E-state index is -1.12. The quantitative estimate of drug-likeness (QED) is 0.0847. The number of thioether (sulfide) groups is 2. The zero-order valence-corrected chi connectivity index (χ0v) is 32.1. The molecule has 54 heavy (non-hydrogen) atoms. The number of nitrogens with zero attached hydrogens (tertiary/aromatic N) is 3. The summed E-state index contributed by atoms with van der Waals surface area (Å²) in [6.45, 7) is -0.472. The molecule has 0 saturated carbocycles. The average Bonchev–Trinajstić information content (AvgIpc) is 3.59. The molecule has 7 rings (SSSR count). The van der Waals surface area contributed by atoms with E-state index in [1.54, 1.807) is 13.1 Å². The van der Waals surface area contributed by atoms with E-state index in [9.17, 15) is 19.5 Å². The molecular weight excluding hydrogens is 751 g/mol. The topological polar surface area (TPSA) is 81.2 Å². The highest BCUT2D eigenvalue weighted by Crippen LogP contribution is 2.38. The van der Waals surface area contributed by atoms with Crippen molar-refractivity contribution in [2.75, 3.05) is 18.5 Å². The van der Waals surface area contributed by atoms with Gasteiger partial charge in [0.05, 0.1) is 9.81 Å². The molecule has 266 valence electrons. The van der Waals surface area contributed by atoms with Crippen molar-refractivity contribution < 1.29 is 19.5 Å². The zero-order valence-electron chi connectivity index (χ0n) is 28.8. The predicted molar refractivity (Wildman–Crippen MR) is 229 cm³/mol. The van der Waals surface area contributed by atoms with Crippen LogP contribution in [0.2, 0.25) is 0 Å². The van der Waals surface area contributed by atoms with E-state index in [0.29, 0.717) is 14.1 Å². The largest absolute Gasteiger partial charge is 0.480 e. The standard InChI is InChI=1S/C43H31N3O4S4/c1-44-40(49)37(53-42(44)51)25-29-14-20-34(21-15-29)46(35-22-16-30(17-23-35)26-38-41(50)45(27-39(47)48)43(52)54-38)33-18-12-28(13-19-33)24-36(31-8-4-2-5-9-31)32-10-6-3-7-11-32/h2-26H,27H2,1H3,(H,47,48)/b37-25-,38-26+.